The summed E-state index contributed by atoms with van der Waals surface area (Å²) in [6.07, 6.45) is 3.48. The first kappa shape index (κ1) is 22.7. The summed E-state index contributed by atoms with van der Waals surface area (Å²) in [6, 6.07) is 7.98. The van der Waals surface area contributed by atoms with Crippen LogP contribution in [0.25, 0.3) is 10.2 Å². The fourth-order valence-corrected chi connectivity index (χ4v) is 5.59. The lowest BCUT2D eigenvalue weighted by molar-refractivity contribution is 0.0602. The lowest BCUT2D eigenvalue weighted by Gasteiger charge is -2.17. The molecule has 0 fully saturated rings. The number of nitrogens with zero attached hydrogens (tertiary/aromatic N) is 3. The maximum absolute atomic E-state index is 13.3. The van der Waals surface area contributed by atoms with E-state index in [2.05, 4.69) is 10.2 Å². The number of carbonyl (C=O) groups is 1. The average Bonchev–Trinajstić information content (AvgIpc) is 3.44. The highest BCUT2D eigenvalue weighted by Crippen LogP contribution is 2.41. The number of hydrogen-bond donors (Lipinski definition) is 1. The molecular weight excluding hydrogens is 440 g/mol. The van der Waals surface area contributed by atoms with Gasteiger partial charge in [-0.2, -0.15) is 5.10 Å². The van der Waals surface area contributed by atoms with Crippen LogP contribution in [0.2, 0.25) is 0 Å². The highest BCUT2D eigenvalue weighted by molar-refractivity contribution is 7.19. The third-order valence-electron chi connectivity index (χ3n) is 5.63. The van der Waals surface area contributed by atoms with Crippen molar-refractivity contribution >= 4 is 27.5 Å². The largest absolute Gasteiger partial charge is 0.465 e. The first-order valence-corrected chi connectivity index (χ1v) is 11.5. The van der Waals surface area contributed by atoms with Crippen LogP contribution in [-0.2, 0) is 18.3 Å². The van der Waals surface area contributed by atoms with Gasteiger partial charge in [0.05, 0.1) is 24.3 Å². The van der Waals surface area contributed by atoms with Crippen molar-refractivity contribution in [2.75, 3.05) is 7.11 Å². The van der Waals surface area contributed by atoms with Crippen molar-refractivity contribution in [3.8, 4) is 0 Å². The molecule has 1 unspecified atom stereocenters. The number of methoxy groups -OCH3 is 1. The summed E-state index contributed by atoms with van der Waals surface area (Å²) >= 11 is 1.29. The van der Waals surface area contributed by atoms with Gasteiger partial charge in [-0.25, -0.2) is 9.59 Å². The molecule has 0 aliphatic heterocycles. The molecule has 4 aromatic rings. The summed E-state index contributed by atoms with van der Waals surface area (Å²) in [7, 11) is 2.73. The molecule has 0 aliphatic carbocycles. The fourth-order valence-electron chi connectivity index (χ4n) is 4.15. The molecule has 8 nitrogen and oxygen atoms in total. The number of aryl methyl sites for hydroxylation is 1. The molecule has 3 aromatic heterocycles. The number of carbonyl (C=O) groups excluding carboxylic acids is 1. The summed E-state index contributed by atoms with van der Waals surface area (Å²) in [5, 5.41) is 7.17. The van der Waals surface area contributed by atoms with Crippen molar-refractivity contribution in [2.45, 2.75) is 33.2 Å². The minimum absolute atomic E-state index is 0.164. The molecule has 0 saturated heterocycles. The predicted molar refractivity (Wildman–Crippen MR) is 128 cm³/mol. The highest BCUT2D eigenvalue weighted by Gasteiger charge is 2.32. The Bertz CT molecular complexity index is 1440. The lowest BCUT2D eigenvalue weighted by atomic mass is 9.89. The molecule has 33 heavy (non-hydrogen) atoms. The first-order valence-electron chi connectivity index (χ1n) is 10.6. The number of thiophene rings is 1. The molecule has 0 saturated carbocycles. The fraction of sp³-hybridized carbons (Fsp3) is 0.333. The van der Waals surface area contributed by atoms with Gasteiger partial charge in [-0.15, -0.1) is 11.3 Å². The van der Waals surface area contributed by atoms with Crippen molar-refractivity contribution in [3.63, 3.8) is 0 Å². The third-order valence-corrected chi connectivity index (χ3v) is 6.90. The number of aromatic amines is 1. The van der Waals surface area contributed by atoms with Gasteiger partial charge in [-0.3, -0.25) is 19.0 Å². The van der Waals surface area contributed by atoms with Gasteiger partial charge in [-0.1, -0.05) is 43.7 Å². The maximum atomic E-state index is 13.3. The molecule has 9 heteroatoms. The molecule has 1 N–H and O–H groups in total. The monoisotopic (exact) mass is 466 g/mol. The zero-order valence-corrected chi connectivity index (χ0v) is 20.0. The summed E-state index contributed by atoms with van der Waals surface area (Å²) in [6.45, 7) is 6.42. The van der Waals surface area contributed by atoms with Crippen LogP contribution in [0.15, 0.2) is 46.2 Å². The van der Waals surface area contributed by atoms with E-state index in [1.807, 2.05) is 45.0 Å². The van der Waals surface area contributed by atoms with Crippen molar-refractivity contribution in [1.29, 1.82) is 0 Å². The van der Waals surface area contributed by atoms with Crippen LogP contribution in [0.1, 0.15) is 51.7 Å². The van der Waals surface area contributed by atoms with E-state index in [1.165, 1.54) is 25.5 Å². The Balaban J connectivity index is 2.16. The van der Waals surface area contributed by atoms with Gasteiger partial charge in [0.1, 0.15) is 4.83 Å². The van der Waals surface area contributed by atoms with E-state index in [1.54, 1.807) is 17.0 Å². The van der Waals surface area contributed by atoms with Gasteiger partial charge in [0.15, 0.2) is 0 Å². The second kappa shape index (κ2) is 8.82. The molecule has 172 valence electrons. The molecular formula is C24H26N4O4S. The average molecular weight is 467 g/mol. The molecule has 0 spiro atoms. The number of nitrogens with one attached hydrogen (secondary N) is 1. The zero-order chi connectivity index (χ0) is 23.9. The Labute approximate surface area is 194 Å². The lowest BCUT2D eigenvalue weighted by Crippen LogP contribution is -2.38. The smallest absolute Gasteiger partial charge is 0.339 e. The van der Waals surface area contributed by atoms with Crippen LogP contribution in [0.5, 0.6) is 0 Å². The quantitative estimate of drug-likeness (QED) is 0.439. The van der Waals surface area contributed by atoms with Gasteiger partial charge in [0.2, 0.25) is 0 Å². The highest BCUT2D eigenvalue weighted by atomic mass is 32.1. The van der Waals surface area contributed by atoms with Crippen molar-refractivity contribution in [2.24, 2.45) is 13.0 Å². The van der Waals surface area contributed by atoms with Crippen molar-refractivity contribution in [3.05, 3.63) is 84.6 Å². The molecule has 4 rings (SSSR count). The van der Waals surface area contributed by atoms with E-state index < -0.39 is 17.2 Å². The SMILES string of the molecule is COC(=O)c1c(C(c2cn[nH]c2)c2cccc(C)c2)sc2c1c(=O)n(C)c(=O)n2CC(C)C. The molecule has 0 aliphatic rings. The molecule has 1 aromatic carbocycles. The predicted octanol–water partition coefficient (Wildman–Crippen LogP) is 3.42. The van der Waals surface area contributed by atoms with Gasteiger partial charge in [0, 0.05) is 36.1 Å². The second-order valence-corrected chi connectivity index (χ2v) is 9.57. The number of fused-ring (bicyclic) bond motifs is 1. The van der Waals surface area contributed by atoms with Crippen LogP contribution in [-0.4, -0.2) is 32.4 Å². The van der Waals surface area contributed by atoms with Gasteiger partial charge in [0.25, 0.3) is 5.56 Å². The van der Waals surface area contributed by atoms with E-state index in [0.717, 1.165) is 21.3 Å². The van der Waals surface area contributed by atoms with Gasteiger partial charge in [-0.05, 0) is 18.4 Å². The Morgan fingerprint density at radius 3 is 2.61 bits per heavy atom. The number of benzene rings is 1. The van der Waals surface area contributed by atoms with Crippen LogP contribution in [0.3, 0.4) is 0 Å². The molecule has 0 radical (unpaired) electrons. The number of ether oxygens (including phenoxy) is 1. The van der Waals surface area contributed by atoms with E-state index in [-0.39, 0.29) is 22.8 Å². The van der Waals surface area contributed by atoms with Crippen LogP contribution < -0.4 is 11.2 Å². The van der Waals surface area contributed by atoms with Crippen molar-refractivity contribution < 1.29 is 9.53 Å². The Kier molecular flexibility index (Phi) is 6.07. The number of rotatable bonds is 6. The summed E-state index contributed by atoms with van der Waals surface area (Å²) in [5.74, 6) is -0.816. The number of aromatic nitrogens is 4. The van der Waals surface area contributed by atoms with Crippen LogP contribution >= 0.6 is 11.3 Å². The number of hydrogen-bond acceptors (Lipinski definition) is 6. The Morgan fingerprint density at radius 1 is 1.24 bits per heavy atom. The standard InChI is InChI=1S/C24H26N4O4S/c1-13(2)12-28-22-19(21(29)27(4)24(28)31)18(23(30)32-5)20(33-22)17(16-10-25-26-11-16)15-8-6-7-14(3)9-15/h6-11,13,17H,12H2,1-5H3,(H,25,26). The number of esters is 1. The van der Waals surface area contributed by atoms with E-state index in [9.17, 15) is 14.4 Å². The zero-order valence-electron chi connectivity index (χ0n) is 19.2. The summed E-state index contributed by atoms with van der Waals surface area (Å²) in [4.78, 5) is 40.5. The van der Waals surface area contributed by atoms with Gasteiger partial charge >= 0.3 is 11.7 Å². The molecule has 0 amide bonds. The molecule has 0 bridgehead atoms. The Morgan fingerprint density at radius 2 is 2.00 bits per heavy atom. The number of H-pyrrole nitrogens is 1. The summed E-state index contributed by atoms with van der Waals surface area (Å²) < 4.78 is 7.78. The third kappa shape index (κ3) is 3.93. The maximum Gasteiger partial charge on any atom is 0.339 e. The van der Waals surface area contributed by atoms with Gasteiger partial charge < -0.3 is 4.74 Å². The molecule has 3 heterocycles. The second-order valence-electron chi connectivity index (χ2n) is 8.54. The normalized spacial score (nSPS) is 12.4. The van der Waals surface area contributed by atoms with E-state index in [4.69, 9.17) is 4.74 Å². The van der Waals surface area contributed by atoms with E-state index >= 15 is 0 Å². The minimum Gasteiger partial charge on any atom is -0.465 e. The van der Waals surface area contributed by atoms with Crippen LogP contribution in [0.4, 0.5) is 0 Å². The summed E-state index contributed by atoms with van der Waals surface area (Å²) in [5.41, 5.74) is 2.14. The minimum atomic E-state index is -0.607. The molecule has 1 atom stereocenters. The first-order chi connectivity index (χ1) is 15.7. The topological polar surface area (TPSA) is 99.0 Å². The van der Waals surface area contributed by atoms with E-state index in [0.29, 0.717) is 16.3 Å². The van der Waals surface area contributed by atoms with Crippen molar-refractivity contribution in [1.82, 2.24) is 19.3 Å². The van der Waals surface area contributed by atoms with Crippen LogP contribution in [0, 0.1) is 12.8 Å². The Hall–Kier alpha value is -3.46.